The largest absolute Gasteiger partial charge is 0.339 e. The first-order valence-corrected chi connectivity index (χ1v) is 9.57. The Labute approximate surface area is 148 Å². The standard InChI is InChI=1S/C13H25N3O.C7H10/c1-14-13(6-4-3-5-7-13)12(17)16-10-8-15(2)9-11-16;1-7-5-3-2-4-6-7/h14H,3-11H2,1-2H3;3,5-6H,2,4H2,1H3. The summed E-state index contributed by atoms with van der Waals surface area (Å²) in [5.41, 5.74) is 1.15. The molecule has 24 heavy (non-hydrogen) atoms. The Morgan fingerprint density at radius 2 is 1.75 bits per heavy atom. The van der Waals surface area contributed by atoms with Gasteiger partial charge in [-0.1, -0.05) is 43.1 Å². The summed E-state index contributed by atoms with van der Waals surface area (Å²) in [6.07, 6.45) is 14.8. The van der Waals surface area contributed by atoms with Gasteiger partial charge in [-0.2, -0.15) is 0 Å². The number of nitrogens with zero attached hydrogens (tertiary/aromatic N) is 2. The fourth-order valence-electron chi connectivity index (χ4n) is 3.78. The Morgan fingerprint density at radius 1 is 1.08 bits per heavy atom. The summed E-state index contributed by atoms with van der Waals surface area (Å²) in [6.45, 7) is 5.92. The Bertz CT molecular complexity index is 456. The SMILES string of the molecule is CC1=CCCC=C1.CNC1(C(=O)N2CCN(C)CC2)CCCCC1. The average molecular weight is 334 g/mol. The molecular weight excluding hydrogens is 298 g/mol. The number of allylic oxidation sites excluding steroid dienone is 4. The number of rotatable bonds is 2. The molecule has 0 aromatic carbocycles. The highest BCUT2D eigenvalue weighted by Gasteiger charge is 2.41. The van der Waals surface area contributed by atoms with Gasteiger partial charge in [0.1, 0.15) is 0 Å². The van der Waals surface area contributed by atoms with E-state index in [1.165, 1.54) is 37.7 Å². The molecule has 1 amide bonds. The van der Waals surface area contributed by atoms with E-state index in [0.717, 1.165) is 39.0 Å². The van der Waals surface area contributed by atoms with Crippen LogP contribution < -0.4 is 5.32 Å². The first-order chi connectivity index (χ1) is 11.6. The van der Waals surface area contributed by atoms with Gasteiger partial charge in [0.25, 0.3) is 0 Å². The molecule has 0 aromatic rings. The highest BCUT2D eigenvalue weighted by Crippen LogP contribution is 2.30. The lowest BCUT2D eigenvalue weighted by Gasteiger charge is -2.42. The number of nitrogens with one attached hydrogen (secondary N) is 1. The molecule has 0 aromatic heterocycles. The number of likely N-dealkylation sites (N-methyl/N-ethyl adjacent to an activating group) is 2. The van der Waals surface area contributed by atoms with Crippen LogP contribution in [-0.2, 0) is 4.79 Å². The molecule has 0 spiro atoms. The number of carbonyl (C=O) groups is 1. The molecule has 0 atom stereocenters. The van der Waals surface area contributed by atoms with Crippen molar-refractivity contribution < 1.29 is 4.79 Å². The van der Waals surface area contributed by atoms with Crippen molar-refractivity contribution in [2.75, 3.05) is 40.3 Å². The minimum Gasteiger partial charge on any atom is -0.339 e. The molecule has 0 radical (unpaired) electrons. The van der Waals surface area contributed by atoms with Crippen molar-refractivity contribution in [3.05, 3.63) is 23.8 Å². The van der Waals surface area contributed by atoms with Gasteiger partial charge in [0, 0.05) is 26.2 Å². The fourth-order valence-corrected chi connectivity index (χ4v) is 3.78. The molecule has 3 aliphatic rings. The van der Waals surface area contributed by atoms with Crippen LogP contribution in [0.2, 0.25) is 0 Å². The van der Waals surface area contributed by atoms with Crippen molar-refractivity contribution in [3.8, 4) is 0 Å². The predicted molar refractivity (Wildman–Crippen MR) is 101 cm³/mol. The average Bonchev–Trinajstić information content (AvgIpc) is 2.63. The van der Waals surface area contributed by atoms with Gasteiger partial charge in [-0.25, -0.2) is 0 Å². The van der Waals surface area contributed by atoms with Crippen LogP contribution in [0.5, 0.6) is 0 Å². The number of hydrogen-bond acceptors (Lipinski definition) is 3. The predicted octanol–water partition coefficient (Wildman–Crippen LogP) is 2.97. The number of piperazine rings is 1. The molecule has 1 N–H and O–H groups in total. The summed E-state index contributed by atoms with van der Waals surface area (Å²) in [5, 5.41) is 3.32. The second kappa shape index (κ2) is 9.38. The summed E-state index contributed by atoms with van der Waals surface area (Å²) in [5.74, 6) is 0.341. The number of carbonyl (C=O) groups excluding carboxylic acids is 1. The Hall–Kier alpha value is -1.13. The van der Waals surface area contributed by atoms with Gasteiger partial charge in [0.2, 0.25) is 5.91 Å². The van der Waals surface area contributed by atoms with Crippen LogP contribution in [0.25, 0.3) is 0 Å². The van der Waals surface area contributed by atoms with E-state index in [-0.39, 0.29) is 5.54 Å². The van der Waals surface area contributed by atoms with E-state index in [2.05, 4.69) is 47.3 Å². The zero-order chi connectivity index (χ0) is 17.4. The van der Waals surface area contributed by atoms with Gasteiger partial charge in [-0.15, -0.1) is 0 Å². The molecule has 1 saturated carbocycles. The molecule has 136 valence electrons. The van der Waals surface area contributed by atoms with E-state index < -0.39 is 0 Å². The maximum atomic E-state index is 12.7. The lowest BCUT2D eigenvalue weighted by molar-refractivity contribution is -0.141. The summed E-state index contributed by atoms with van der Waals surface area (Å²) in [4.78, 5) is 17.0. The minimum atomic E-state index is -0.256. The number of hydrogen-bond donors (Lipinski definition) is 1. The third-order valence-electron chi connectivity index (χ3n) is 5.57. The summed E-state index contributed by atoms with van der Waals surface area (Å²) >= 11 is 0. The van der Waals surface area contributed by atoms with Gasteiger partial charge in [-0.05, 0) is 46.7 Å². The van der Waals surface area contributed by atoms with Gasteiger partial charge < -0.3 is 15.1 Å². The second-order valence-corrected chi connectivity index (χ2v) is 7.42. The monoisotopic (exact) mass is 333 g/mol. The topological polar surface area (TPSA) is 35.6 Å². The van der Waals surface area contributed by atoms with E-state index in [4.69, 9.17) is 0 Å². The second-order valence-electron chi connectivity index (χ2n) is 7.42. The van der Waals surface area contributed by atoms with Gasteiger partial charge in [0.05, 0.1) is 5.54 Å². The zero-order valence-corrected chi connectivity index (χ0v) is 15.8. The first kappa shape index (κ1) is 19.2. The highest BCUT2D eigenvalue weighted by molar-refractivity contribution is 5.86. The molecule has 0 unspecified atom stereocenters. The van der Waals surface area contributed by atoms with Crippen LogP contribution in [0, 0.1) is 0 Å². The third kappa shape index (κ3) is 5.18. The summed E-state index contributed by atoms with van der Waals surface area (Å²) in [7, 11) is 4.07. The third-order valence-corrected chi connectivity index (χ3v) is 5.57. The number of amides is 1. The van der Waals surface area contributed by atoms with Crippen molar-refractivity contribution in [1.29, 1.82) is 0 Å². The molecule has 1 saturated heterocycles. The van der Waals surface area contributed by atoms with Crippen molar-refractivity contribution >= 4 is 5.91 Å². The maximum absolute atomic E-state index is 12.7. The molecule has 4 heteroatoms. The molecule has 2 fully saturated rings. The van der Waals surface area contributed by atoms with Crippen LogP contribution in [0.4, 0.5) is 0 Å². The lowest BCUT2D eigenvalue weighted by atomic mass is 9.80. The van der Waals surface area contributed by atoms with Crippen LogP contribution in [0.3, 0.4) is 0 Å². The van der Waals surface area contributed by atoms with E-state index >= 15 is 0 Å². The first-order valence-electron chi connectivity index (χ1n) is 9.57. The van der Waals surface area contributed by atoms with Crippen molar-refractivity contribution in [3.63, 3.8) is 0 Å². The van der Waals surface area contributed by atoms with E-state index in [9.17, 15) is 4.79 Å². The van der Waals surface area contributed by atoms with Crippen molar-refractivity contribution in [1.82, 2.24) is 15.1 Å². The molecule has 1 aliphatic heterocycles. The Balaban J connectivity index is 0.000000249. The van der Waals surface area contributed by atoms with Crippen LogP contribution in [0.15, 0.2) is 23.8 Å². The molecule has 0 bridgehead atoms. The van der Waals surface area contributed by atoms with Crippen LogP contribution >= 0.6 is 0 Å². The normalized spacial score (nSPS) is 24.0. The lowest BCUT2D eigenvalue weighted by Crippen LogP contribution is -2.60. The smallest absolute Gasteiger partial charge is 0.242 e. The van der Waals surface area contributed by atoms with Crippen LogP contribution in [-0.4, -0.2) is 61.5 Å². The maximum Gasteiger partial charge on any atom is 0.242 e. The van der Waals surface area contributed by atoms with Gasteiger partial charge >= 0.3 is 0 Å². The summed E-state index contributed by atoms with van der Waals surface area (Å²) < 4.78 is 0. The minimum absolute atomic E-state index is 0.256. The summed E-state index contributed by atoms with van der Waals surface area (Å²) in [6, 6.07) is 0. The molecular formula is C20H35N3O. The van der Waals surface area contributed by atoms with Crippen LogP contribution in [0.1, 0.15) is 51.9 Å². The Kier molecular flexibility index (Phi) is 7.50. The van der Waals surface area contributed by atoms with Gasteiger partial charge in [-0.3, -0.25) is 4.79 Å². The highest BCUT2D eigenvalue weighted by atomic mass is 16.2. The molecule has 4 nitrogen and oxygen atoms in total. The van der Waals surface area contributed by atoms with Gasteiger partial charge in [0.15, 0.2) is 0 Å². The molecule has 2 aliphatic carbocycles. The van der Waals surface area contributed by atoms with E-state index in [1.54, 1.807) is 0 Å². The quantitative estimate of drug-likeness (QED) is 0.844. The van der Waals surface area contributed by atoms with Crippen molar-refractivity contribution in [2.24, 2.45) is 0 Å². The van der Waals surface area contributed by atoms with E-state index in [0.29, 0.717) is 5.91 Å². The molecule has 1 heterocycles. The van der Waals surface area contributed by atoms with E-state index in [1.807, 2.05) is 7.05 Å². The zero-order valence-electron chi connectivity index (χ0n) is 15.8. The fraction of sp³-hybridized carbons (Fsp3) is 0.750. The van der Waals surface area contributed by atoms with Crippen molar-refractivity contribution in [2.45, 2.75) is 57.4 Å². The molecule has 3 rings (SSSR count). The Morgan fingerprint density at radius 3 is 2.21 bits per heavy atom.